The van der Waals surface area contributed by atoms with Gasteiger partial charge in [-0.05, 0) is 18.2 Å². The van der Waals surface area contributed by atoms with Crippen molar-refractivity contribution in [2.75, 3.05) is 18.9 Å². The van der Waals surface area contributed by atoms with E-state index < -0.39 is 11.7 Å². The number of alkyl halides is 3. The van der Waals surface area contributed by atoms with E-state index in [-0.39, 0.29) is 34.4 Å². The van der Waals surface area contributed by atoms with E-state index in [0.717, 1.165) is 17.8 Å². The number of carbonyl (C=O) groups excluding carboxylic acids is 1. The number of halogens is 4. The molecule has 5 nitrogen and oxygen atoms in total. The average Bonchev–Trinajstić information content (AvgIpc) is 2.64. The number of nitrogens with zero attached hydrogens (tertiary/aromatic N) is 1. The van der Waals surface area contributed by atoms with E-state index in [9.17, 15) is 18.0 Å². The van der Waals surface area contributed by atoms with Gasteiger partial charge >= 0.3 is 6.18 Å². The van der Waals surface area contributed by atoms with Crippen molar-refractivity contribution in [3.63, 3.8) is 0 Å². The number of hydrogen-bond acceptors (Lipinski definition) is 5. The summed E-state index contributed by atoms with van der Waals surface area (Å²) in [6, 6.07) is 8.01. The molecule has 0 spiro atoms. The van der Waals surface area contributed by atoms with Crippen molar-refractivity contribution < 1.29 is 27.4 Å². The summed E-state index contributed by atoms with van der Waals surface area (Å²) in [5.74, 6) is 0.902. The van der Waals surface area contributed by atoms with Gasteiger partial charge in [-0.25, -0.2) is 4.98 Å². The van der Waals surface area contributed by atoms with Crippen LogP contribution in [0.4, 0.5) is 13.2 Å². The van der Waals surface area contributed by atoms with Crippen molar-refractivity contribution in [2.24, 2.45) is 0 Å². The van der Waals surface area contributed by atoms with Gasteiger partial charge in [0.05, 0.1) is 22.9 Å². The summed E-state index contributed by atoms with van der Waals surface area (Å²) in [6.07, 6.45) is -4.16. The minimum atomic E-state index is -4.52. The molecule has 0 unspecified atom stereocenters. The van der Waals surface area contributed by atoms with Gasteiger partial charge in [-0.1, -0.05) is 35.5 Å². The molecule has 144 valence electrons. The molecule has 10 heteroatoms. The molecule has 2 aromatic rings. The third-order valence-electron chi connectivity index (χ3n) is 3.57. The lowest BCUT2D eigenvalue weighted by Gasteiger charge is -2.26. The smallest absolute Gasteiger partial charge is 0.417 e. The van der Waals surface area contributed by atoms with Crippen molar-refractivity contribution >= 4 is 29.3 Å². The van der Waals surface area contributed by atoms with E-state index in [2.05, 4.69) is 10.3 Å². The van der Waals surface area contributed by atoms with Crippen LogP contribution in [-0.4, -0.2) is 35.9 Å². The van der Waals surface area contributed by atoms with Gasteiger partial charge < -0.3 is 14.8 Å². The van der Waals surface area contributed by atoms with Crippen LogP contribution in [0.3, 0.4) is 0 Å². The number of pyridine rings is 1. The Morgan fingerprint density at radius 2 is 2.07 bits per heavy atom. The normalized spacial score (nSPS) is 16.1. The number of amides is 1. The summed E-state index contributed by atoms with van der Waals surface area (Å²) in [4.78, 5) is 15.6. The molecule has 0 fully saturated rings. The van der Waals surface area contributed by atoms with E-state index in [1.165, 1.54) is 0 Å². The molecule has 1 aromatic carbocycles. The zero-order valence-corrected chi connectivity index (χ0v) is 15.3. The molecule has 1 aromatic heterocycles. The number of benzene rings is 1. The summed E-state index contributed by atoms with van der Waals surface area (Å²) in [5, 5.41) is 2.70. The number of carbonyl (C=O) groups is 1. The third-order valence-corrected chi connectivity index (χ3v) is 4.97. The van der Waals surface area contributed by atoms with Gasteiger partial charge in [0.2, 0.25) is 5.91 Å². The second-order valence-corrected chi connectivity index (χ2v) is 6.97. The Hall–Kier alpha value is -2.13. The van der Waals surface area contributed by atoms with Crippen molar-refractivity contribution in [3.8, 4) is 11.5 Å². The van der Waals surface area contributed by atoms with E-state index in [1.807, 2.05) is 12.1 Å². The number of thioether (sulfide) groups is 1. The molecule has 2 heterocycles. The summed E-state index contributed by atoms with van der Waals surface area (Å²) in [7, 11) is 0. The lowest BCUT2D eigenvalue weighted by atomic mass is 10.2. The van der Waals surface area contributed by atoms with Crippen molar-refractivity contribution in [2.45, 2.75) is 17.3 Å². The minimum absolute atomic E-state index is 0.0394. The molecule has 1 amide bonds. The molecule has 1 atom stereocenters. The molecule has 1 aliphatic heterocycles. The second-order valence-electron chi connectivity index (χ2n) is 5.60. The summed E-state index contributed by atoms with van der Waals surface area (Å²) >= 11 is 6.77. The highest BCUT2D eigenvalue weighted by Gasteiger charge is 2.31. The Morgan fingerprint density at radius 3 is 2.78 bits per heavy atom. The fourth-order valence-corrected chi connectivity index (χ4v) is 3.29. The predicted molar refractivity (Wildman–Crippen MR) is 94.3 cm³/mol. The van der Waals surface area contributed by atoms with Crippen LogP contribution < -0.4 is 14.8 Å². The highest BCUT2D eigenvalue weighted by Crippen LogP contribution is 2.33. The topological polar surface area (TPSA) is 60.5 Å². The Labute approximate surface area is 162 Å². The quantitative estimate of drug-likeness (QED) is 0.748. The first-order valence-corrected chi connectivity index (χ1v) is 9.20. The Bertz CT molecular complexity index is 835. The molecular weight excluding hydrogens is 405 g/mol. The van der Waals surface area contributed by atoms with Crippen molar-refractivity contribution in [3.05, 3.63) is 47.1 Å². The van der Waals surface area contributed by atoms with Crippen LogP contribution in [0.2, 0.25) is 5.02 Å². The molecule has 0 radical (unpaired) electrons. The number of ether oxygens (including phenoxy) is 2. The average molecular weight is 419 g/mol. The third kappa shape index (κ3) is 5.20. The first-order valence-electron chi connectivity index (χ1n) is 7.83. The van der Waals surface area contributed by atoms with Crippen LogP contribution in [0, 0.1) is 0 Å². The summed E-state index contributed by atoms with van der Waals surface area (Å²) < 4.78 is 49.0. The lowest BCUT2D eigenvalue weighted by Crippen LogP contribution is -2.41. The highest BCUT2D eigenvalue weighted by atomic mass is 35.5. The maximum Gasteiger partial charge on any atom is 0.417 e. The van der Waals surface area contributed by atoms with Gasteiger partial charge in [0.15, 0.2) is 11.5 Å². The lowest BCUT2D eigenvalue weighted by molar-refractivity contribution is -0.137. The zero-order valence-electron chi connectivity index (χ0n) is 13.8. The van der Waals surface area contributed by atoms with E-state index >= 15 is 0 Å². The standard InChI is InChI=1S/C17H14ClF3N2O3S/c18-12-5-10(17(19,20)21)6-23-16(12)27-9-15(24)22-7-11-8-25-13-3-1-2-4-14(13)26-11/h1-6,11H,7-9H2,(H,22,24)/t11-/m1/s1. The Kier molecular flexibility index (Phi) is 6.01. The van der Waals surface area contributed by atoms with Crippen LogP contribution in [-0.2, 0) is 11.0 Å². The number of fused-ring (bicyclic) bond motifs is 1. The maximum absolute atomic E-state index is 12.6. The van der Waals surface area contributed by atoms with Crippen LogP contribution >= 0.6 is 23.4 Å². The molecule has 3 rings (SSSR count). The van der Waals surface area contributed by atoms with Crippen LogP contribution in [0.5, 0.6) is 11.5 Å². The largest absolute Gasteiger partial charge is 0.486 e. The summed E-state index contributed by atoms with van der Waals surface area (Å²) in [5.41, 5.74) is -0.934. The number of nitrogens with one attached hydrogen (secondary N) is 1. The van der Waals surface area contributed by atoms with Crippen LogP contribution in [0.15, 0.2) is 41.6 Å². The first kappa shape index (κ1) is 19.6. The minimum Gasteiger partial charge on any atom is -0.486 e. The van der Waals surface area contributed by atoms with Gasteiger partial charge in [0.1, 0.15) is 17.7 Å². The van der Waals surface area contributed by atoms with E-state index in [4.69, 9.17) is 21.1 Å². The SMILES string of the molecule is O=C(CSc1ncc(C(F)(F)F)cc1Cl)NC[C@@H]1COc2ccccc2O1. The fraction of sp³-hybridized carbons (Fsp3) is 0.294. The molecule has 1 aliphatic rings. The molecule has 0 bridgehead atoms. The maximum atomic E-state index is 12.6. The van der Waals surface area contributed by atoms with Gasteiger partial charge in [-0.2, -0.15) is 13.2 Å². The van der Waals surface area contributed by atoms with E-state index in [0.29, 0.717) is 24.3 Å². The predicted octanol–water partition coefficient (Wildman–Crippen LogP) is 3.80. The molecule has 0 saturated carbocycles. The molecule has 0 saturated heterocycles. The first-order chi connectivity index (χ1) is 12.8. The van der Waals surface area contributed by atoms with Crippen LogP contribution in [0.1, 0.15) is 5.56 Å². The fourth-order valence-electron chi connectivity index (χ4n) is 2.26. The monoisotopic (exact) mass is 418 g/mol. The second kappa shape index (κ2) is 8.26. The Morgan fingerprint density at radius 1 is 1.33 bits per heavy atom. The summed E-state index contributed by atoms with van der Waals surface area (Å²) in [6.45, 7) is 0.540. The van der Waals surface area contributed by atoms with Gasteiger partial charge in [-0.15, -0.1) is 0 Å². The number of hydrogen-bond donors (Lipinski definition) is 1. The zero-order chi connectivity index (χ0) is 19.4. The van der Waals surface area contributed by atoms with Gasteiger partial charge in [-0.3, -0.25) is 4.79 Å². The molecule has 0 aliphatic carbocycles. The molecule has 1 N–H and O–H groups in total. The highest BCUT2D eigenvalue weighted by molar-refractivity contribution is 8.00. The Balaban J connectivity index is 1.47. The van der Waals surface area contributed by atoms with Crippen molar-refractivity contribution in [1.82, 2.24) is 10.3 Å². The van der Waals surface area contributed by atoms with Gasteiger partial charge in [0.25, 0.3) is 0 Å². The van der Waals surface area contributed by atoms with E-state index in [1.54, 1.807) is 12.1 Å². The molecular formula is C17H14ClF3N2O3S. The number of para-hydroxylation sites is 2. The van der Waals surface area contributed by atoms with Gasteiger partial charge in [0, 0.05) is 6.20 Å². The number of aromatic nitrogens is 1. The number of rotatable bonds is 5. The van der Waals surface area contributed by atoms with Crippen molar-refractivity contribution in [1.29, 1.82) is 0 Å². The molecule has 27 heavy (non-hydrogen) atoms. The van der Waals surface area contributed by atoms with Crippen LogP contribution in [0.25, 0.3) is 0 Å².